The van der Waals surface area contributed by atoms with Crippen LogP contribution in [0.25, 0.3) is 0 Å². The molecule has 4 nitrogen and oxygen atoms in total. The Morgan fingerprint density at radius 3 is 2.32 bits per heavy atom. The van der Waals surface area contributed by atoms with Crippen LogP contribution in [-0.2, 0) is 16.6 Å². The predicted molar refractivity (Wildman–Crippen MR) is 77.0 cm³/mol. The third-order valence-electron chi connectivity index (χ3n) is 2.33. The third-order valence-corrected chi connectivity index (χ3v) is 4.53. The minimum absolute atomic E-state index is 0.00620. The zero-order valence-electron chi connectivity index (χ0n) is 11.0. The molecule has 0 atom stereocenters. The van der Waals surface area contributed by atoms with Gasteiger partial charge in [0, 0.05) is 11.6 Å². The van der Waals surface area contributed by atoms with Crippen molar-refractivity contribution >= 4 is 33.2 Å². The molecule has 19 heavy (non-hydrogen) atoms. The highest BCUT2D eigenvalue weighted by Gasteiger charge is 2.23. The van der Waals surface area contributed by atoms with Crippen molar-refractivity contribution in [2.45, 2.75) is 32.3 Å². The minimum Gasteiger partial charge on any atom is -0.392 e. The molecule has 1 aromatic carbocycles. The van der Waals surface area contributed by atoms with Crippen molar-refractivity contribution in [2.75, 3.05) is 6.54 Å². The van der Waals surface area contributed by atoms with Gasteiger partial charge in [-0.05, 0) is 23.1 Å². The summed E-state index contributed by atoms with van der Waals surface area (Å²) < 4.78 is 26.9. The molecule has 1 aromatic rings. The summed E-state index contributed by atoms with van der Waals surface area (Å²) in [5, 5.41) is 9.34. The lowest BCUT2D eigenvalue weighted by molar-refractivity contribution is 0.281. The highest BCUT2D eigenvalue weighted by atomic mass is 35.5. The molecular weight excluding hydrogens is 309 g/mol. The number of benzene rings is 1. The molecule has 108 valence electrons. The summed E-state index contributed by atoms with van der Waals surface area (Å²) in [4.78, 5) is -0.116. The summed E-state index contributed by atoms with van der Waals surface area (Å²) in [6, 6.07) is 2.71. The van der Waals surface area contributed by atoms with Gasteiger partial charge in [0.2, 0.25) is 10.0 Å². The largest absolute Gasteiger partial charge is 0.392 e. The molecule has 0 aliphatic carbocycles. The third kappa shape index (κ3) is 4.61. The van der Waals surface area contributed by atoms with Gasteiger partial charge in [0.25, 0.3) is 0 Å². The van der Waals surface area contributed by atoms with Gasteiger partial charge in [-0.2, -0.15) is 0 Å². The van der Waals surface area contributed by atoms with Crippen LogP contribution in [-0.4, -0.2) is 20.1 Å². The average molecular weight is 326 g/mol. The maximum Gasteiger partial charge on any atom is 0.242 e. The number of aliphatic hydroxyl groups excluding tert-OH is 1. The molecule has 0 amide bonds. The van der Waals surface area contributed by atoms with E-state index >= 15 is 0 Å². The van der Waals surface area contributed by atoms with Crippen LogP contribution in [0.3, 0.4) is 0 Å². The molecule has 0 heterocycles. The SMILES string of the molecule is CC(C)(C)CNS(=O)(=O)c1cc(Cl)cc(CO)c1Cl. The number of hydrogen-bond donors (Lipinski definition) is 2. The van der Waals surface area contributed by atoms with Crippen molar-refractivity contribution < 1.29 is 13.5 Å². The van der Waals surface area contributed by atoms with E-state index < -0.39 is 10.0 Å². The first-order valence-electron chi connectivity index (χ1n) is 5.65. The van der Waals surface area contributed by atoms with Gasteiger partial charge in [0.15, 0.2) is 0 Å². The van der Waals surface area contributed by atoms with Gasteiger partial charge in [-0.3, -0.25) is 0 Å². The van der Waals surface area contributed by atoms with Gasteiger partial charge in [0.1, 0.15) is 4.90 Å². The molecule has 2 N–H and O–H groups in total. The zero-order valence-corrected chi connectivity index (χ0v) is 13.3. The number of halogens is 2. The van der Waals surface area contributed by atoms with E-state index in [0.29, 0.717) is 0 Å². The number of rotatable bonds is 4. The van der Waals surface area contributed by atoms with Crippen molar-refractivity contribution in [3.05, 3.63) is 27.7 Å². The van der Waals surface area contributed by atoms with Crippen LogP contribution in [0, 0.1) is 5.41 Å². The highest BCUT2D eigenvalue weighted by molar-refractivity contribution is 7.89. The van der Waals surface area contributed by atoms with Gasteiger partial charge in [-0.1, -0.05) is 44.0 Å². The topological polar surface area (TPSA) is 66.4 Å². The van der Waals surface area contributed by atoms with Crippen LogP contribution in [0.5, 0.6) is 0 Å². The van der Waals surface area contributed by atoms with Crippen LogP contribution in [0.15, 0.2) is 17.0 Å². The summed E-state index contributed by atoms with van der Waals surface area (Å²) in [5.74, 6) is 0. The molecule has 0 aromatic heterocycles. The number of nitrogens with one attached hydrogen (secondary N) is 1. The van der Waals surface area contributed by atoms with Crippen molar-refractivity contribution in [2.24, 2.45) is 5.41 Å². The highest BCUT2D eigenvalue weighted by Crippen LogP contribution is 2.29. The summed E-state index contributed by atoms with van der Waals surface area (Å²) in [5.41, 5.74) is 0.0862. The monoisotopic (exact) mass is 325 g/mol. The van der Waals surface area contributed by atoms with E-state index in [4.69, 9.17) is 28.3 Å². The molecule has 0 radical (unpaired) electrons. The molecule has 0 aliphatic rings. The molecule has 0 spiro atoms. The van der Waals surface area contributed by atoms with Gasteiger partial charge in [0.05, 0.1) is 11.6 Å². The minimum atomic E-state index is -3.76. The summed E-state index contributed by atoms with van der Waals surface area (Å²) in [6.07, 6.45) is 0. The second-order valence-electron chi connectivity index (χ2n) is 5.42. The van der Waals surface area contributed by atoms with E-state index in [2.05, 4.69) is 4.72 Å². The maximum atomic E-state index is 12.2. The molecule has 0 saturated heterocycles. The molecule has 0 bridgehead atoms. The Kier molecular flexibility index (Phi) is 5.26. The summed E-state index contributed by atoms with van der Waals surface area (Å²) >= 11 is 11.8. The first kappa shape index (κ1) is 16.7. The fraction of sp³-hybridized carbons (Fsp3) is 0.500. The predicted octanol–water partition coefficient (Wildman–Crippen LogP) is 2.81. The smallest absolute Gasteiger partial charge is 0.242 e. The Hall–Kier alpha value is -0.330. The van der Waals surface area contributed by atoms with Crippen molar-refractivity contribution in [3.63, 3.8) is 0 Å². The van der Waals surface area contributed by atoms with Crippen molar-refractivity contribution in [1.29, 1.82) is 0 Å². The van der Waals surface area contributed by atoms with Crippen LogP contribution in [0.2, 0.25) is 10.0 Å². The first-order valence-corrected chi connectivity index (χ1v) is 7.89. The Labute approximate surface area is 123 Å². The Morgan fingerprint density at radius 1 is 1.26 bits per heavy atom. The fourth-order valence-electron chi connectivity index (χ4n) is 1.32. The lowest BCUT2D eigenvalue weighted by atomic mass is 9.98. The van der Waals surface area contributed by atoms with E-state index in [-0.39, 0.29) is 39.1 Å². The van der Waals surface area contributed by atoms with Crippen LogP contribution in [0.4, 0.5) is 0 Å². The van der Waals surface area contributed by atoms with E-state index in [1.807, 2.05) is 20.8 Å². The van der Waals surface area contributed by atoms with Crippen LogP contribution < -0.4 is 4.72 Å². The van der Waals surface area contributed by atoms with Gasteiger partial charge in [-0.25, -0.2) is 13.1 Å². The first-order chi connectivity index (χ1) is 8.57. The van der Waals surface area contributed by atoms with Crippen molar-refractivity contribution in [3.8, 4) is 0 Å². The van der Waals surface area contributed by atoms with E-state index in [1.165, 1.54) is 12.1 Å². The Balaban J connectivity index is 3.18. The van der Waals surface area contributed by atoms with E-state index in [9.17, 15) is 8.42 Å². The molecule has 0 unspecified atom stereocenters. The second-order valence-corrected chi connectivity index (χ2v) is 7.97. The molecule has 0 fully saturated rings. The lowest BCUT2D eigenvalue weighted by Gasteiger charge is -2.19. The van der Waals surface area contributed by atoms with Crippen molar-refractivity contribution in [1.82, 2.24) is 4.72 Å². The fourth-order valence-corrected chi connectivity index (χ4v) is 3.52. The standard InChI is InChI=1S/C12H17Cl2NO3S/c1-12(2,3)7-15-19(17,18)10-5-9(13)4-8(6-16)11(10)14/h4-5,15-16H,6-7H2,1-3H3. The summed E-state index contributed by atoms with van der Waals surface area (Å²) in [7, 11) is -3.76. The zero-order chi connectivity index (χ0) is 14.8. The number of aliphatic hydroxyl groups is 1. The average Bonchev–Trinajstić information content (AvgIpc) is 2.28. The second kappa shape index (κ2) is 5.97. The normalized spacial score (nSPS) is 12.7. The van der Waals surface area contributed by atoms with E-state index in [1.54, 1.807) is 0 Å². The molecule has 1 rings (SSSR count). The van der Waals surface area contributed by atoms with Crippen LogP contribution >= 0.6 is 23.2 Å². The molecule has 0 saturated carbocycles. The Morgan fingerprint density at radius 2 is 1.84 bits per heavy atom. The number of hydrogen-bond acceptors (Lipinski definition) is 3. The molecule has 0 aliphatic heterocycles. The summed E-state index contributed by atoms with van der Waals surface area (Å²) in [6.45, 7) is 5.63. The van der Waals surface area contributed by atoms with Gasteiger partial charge < -0.3 is 5.11 Å². The number of sulfonamides is 1. The van der Waals surface area contributed by atoms with Crippen LogP contribution in [0.1, 0.15) is 26.3 Å². The van der Waals surface area contributed by atoms with Gasteiger partial charge in [-0.15, -0.1) is 0 Å². The maximum absolute atomic E-state index is 12.2. The molecule has 7 heteroatoms. The Bertz CT molecular complexity index is 565. The lowest BCUT2D eigenvalue weighted by Crippen LogP contribution is -2.32. The quantitative estimate of drug-likeness (QED) is 0.894. The van der Waals surface area contributed by atoms with Gasteiger partial charge >= 0.3 is 0 Å². The molecular formula is C12H17Cl2NO3S. The van der Waals surface area contributed by atoms with E-state index in [0.717, 1.165) is 0 Å².